The molecule has 1 unspecified atom stereocenters. The highest BCUT2D eigenvalue weighted by Crippen LogP contribution is 2.39. The second-order valence-electron chi connectivity index (χ2n) is 6.34. The molecule has 8 nitrogen and oxygen atoms in total. The number of benzene rings is 1. The Balaban J connectivity index is 2.58. The van der Waals surface area contributed by atoms with E-state index in [1.54, 1.807) is 18.2 Å². The van der Waals surface area contributed by atoms with Crippen molar-refractivity contribution in [2.45, 2.75) is 13.3 Å². The van der Waals surface area contributed by atoms with Crippen LogP contribution in [0.15, 0.2) is 42.5 Å². The van der Waals surface area contributed by atoms with Crippen LogP contribution in [0.2, 0.25) is 0 Å². The predicted octanol–water partition coefficient (Wildman–Crippen LogP) is 0.606. The van der Waals surface area contributed by atoms with Gasteiger partial charge in [-0.2, -0.15) is 0 Å². The molecule has 9 heteroatoms. The fraction of sp³-hybridized carbons (Fsp3) is 0.444. The first-order valence-electron chi connectivity index (χ1n) is 8.23. The van der Waals surface area contributed by atoms with E-state index < -0.39 is 44.5 Å². The Morgan fingerprint density at radius 1 is 1.11 bits per heavy atom. The molecule has 0 heterocycles. The summed E-state index contributed by atoms with van der Waals surface area (Å²) in [4.78, 5) is 33.4. The molecule has 1 aromatic rings. The fourth-order valence-corrected chi connectivity index (χ4v) is 3.34. The van der Waals surface area contributed by atoms with Crippen LogP contribution in [0.3, 0.4) is 0 Å². The van der Waals surface area contributed by atoms with Crippen molar-refractivity contribution in [1.29, 1.82) is 0 Å². The lowest BCUT2D eigenvalue weighted by molar-refractivity contribution is -0.156. The lowest BCUT2D eigenvalue weighted by Gasteiger charge is -2.28. The van der Waals surface area contributed by atoms with E-state index in [4.69, 9.17) is 9.47 Å². The van der Waals surface area contributed by atoms with Crippen molar-refractivity contribution in [2.75, 3.05) is 32.6 Å². The summed E-state index contributed by atoms with van der Waals surface area (Å²) in [6.45, 7) is 2.89. The smallest absolute Gasteiger partial charge is 0.333 e. The van der Waals surface area contributed by atoms with Crippen molar-refractivity contribution >= 4 is 24.6 Å². The van der Waals surface area contributed by atoms with Gasteiger partial charge < -0.3 is 24.6 Å². The largest absolute Gasteiger partial charge is 0.465 e. The molecular weight excluding hydrogens is 375 g/mol. The molecule has 0 aliphatic rings. The summed E-state index contributed by atoms with van der Waals surface area (Å²) >= 11 is 0. The molecule has 1 aromatic carbocycles. The minimum absolute atomic E-state index is 0.149. The molecule has 0 fully saturated rings. The molecule has 0 aliphatic carbocycles. The minimum atomic E-state index is -3.69. The summed E-state index contributed by atoms with van der Waals surface area (Å²) in [7, 11) is -3.69. The monoisotopic (exact) mass is 400 g/mol. The van der Waals surface area contributed by atoms with Crippen LogP contribution >= 0.6 is 7.37 Å². The number of ether oxygens (including phenoxy) is 2. The summed E-state index contributed by atoms with van der Waals surface area (Å²) < 4.78 is 22.2. The molecule has 0 spiro atoms. The van der Waals surface area contributed by atoms with Crippen molar-refractivity contribution in [3.63, 3.8) is 0 Å². The number of hydrogen-bond donors (Lipinski definition) is 3. The molecule has 0 bridgehead atoms. The third kappa shape index (κ3) is 7.27. The molecule has 0 saturated carbocycles. The molecule has 0 saturated heterocycles. The maximum absolute atomic E-state index is 12.3. The van der Waals surface area contributed by atoms with Gasteiger partial charge in [-0.05, 0) is 19.1 Å². The van der Waals surface area contributed by atoms with E-state index in [0.29, 0.717) is 0 Å². The first kappa shape index (κ1) is 23.0. The van der Waals surface area contributed by atoms with Crippen LogP contribution in [0.25, 0.3) is 0 Å². The number of aliphatic hydroxyl groups excluding tert-OH is 2. The summed E-state index contributed by atoms with van der Waals surface area (Å²) in [6, 6.07) is 7.97. The van der Waals surface area contributed by atoms with Crippen LogP contribution in [0, 0.1) is 5.41 Å². The molecule has 150 valence electrons. The zero-order chi connectivity index (χ0) is 20.5. The van der Waals surface area contributed by atoms with Gasteiger partial charge in [0.05, 0.1) is 25.0 Å². The SMILES string of the molecule is C=C(C)C(=O)OCC(CO)(CO)COC(=O)CCP(=O)(O)c1ccccc1. The number of carbonyl (C=O) groups is 2. The molecule has 3 N–H and O–H groups in total. The molecule has 27 heavy (non-hydrogen) atoms. The van der Waals surface area contributed by atoms with E-state index >= 15 is 0 Å². The Hall–Kier alpha value is -1.99. The second-order valence-corrected chi connectivity index (χ2v) is 8.71. The summed E-state index contributed by atoms with van der Waals surface area (Å²) in [5, 5.41) is 19.2. The summed E-state index contributed by atoms with van der Waals surface area (Å²) in [5.74, 6) is -1.46. The van der Waals surface area contributed by atoms with E-state index in [-0.39, 0.29) is 30.1 Å². The van der Waals surface area contributed by atoms with Crippen molar-refractivity contribution in [2.24, 2.45) is 5.41 Å². The molecule has 1 rings (SSSR count). The van der Waals surface area contributed by atoms with Crippen molar-refractivity contribution < 1.29 is 38.7 Å². The summed E-state index contributed by atoms with van der Waals surface area (Å²) in [5.41, 5.74) is -1.22. The van der Waals surface area contributed by atoms with Gasteiger partial charge in [0.1, 0.15) is 13.2 Å². The fourth-order valence-electron chi connectivity index (χ4n) is 1.95. The first-order valence-corrected chi connectivity index (χ1v) is 10.1. The van der Waals surface area contributed by atoms with Gasteiger partial charge in [-0.1, -0.05) is 24.8 Å². The van der Waals surface area contributed by atoms with Crippen LogP contribution < -0.4 is 5.30 Å². The van der Waals surface area contributed by atoms with Gasteiger partial charge in [0.25, 0.3) is 0 Å². The van der Waals surface area contributed by atoms with Crippen molar-refractivity contribution in [3.05, 3.63) is 42.5 Å². The van der Waals surface area contributed by atoms with Gasteiger partial charge in [0, 0.05) is 17.0 Å². The maximum atomic E-state index is 12.3. The molecule has 0 amide bonds. The lowest BCUT2D eigenvalue weighted by Crippen LogP contribution is -2.41. The number of hydrogen-bond acceptors (Lipinski definition) is 7. The highest BCUT2D eigenvalue weighted by molar-refractivity contribution is 7.66. The third-order valence-corrected chi connectivity index (χ3v) is 5.78. The van der Waals surface area contributed by atoms with Crippen LogP contribution in [0.4, 0.5) is 0 Å². The van der Waals surface area contributed by atoms with Crippen LogP contribution in [-0.4, -0.2) is 59.6 Å². The van der Waals surface area contributed by atoms with Crippen LogP contribution in [-0.2, 0) is 23.6 Å². The zero-order valence-electron chi connectivity index (χ0n) is 15.2. The topological polar surface area (TPSA) is 130 Å². The third-order valence-electron chi connectivity index (χ3n) is 3.85. The Morgan fingerprint density at radius 3 is 2.19 bits per heavy atom. The highest BCUT2D eigenvalue weighted by atomic mass is 31.2. The predicted molar refractivity (Wildman–Crippen MR) is 98.7 cm³/mol. The Labute approximate surface area is 157 Å². The molecule has 0 aliphatic heterocycles. The first-order chi connectivity index (χ1) is 12.7. The Morgan fingerprint density at radius 2 is 1.67 bits per heavy atom. The van der Waals surface area contributed by atoms with Gasteiger partial charge in [-0.15, -0.1) is 0 Å². The molecule has 0 aromatic heterocycles. The van der Waals surface area contributed by atoms with Gasteiger partial charge in [-0.25, -0.2) is 4.79 Å². The zero-order valence-corrected chi connectivity index (χ0v) is 16.1. The van der Waals surface area contributed by atoms with E-state index in [1.807, 2.05) is 0 Å². The highest BCUT2D eigenvalue weighted by Gasteiger charge is 2.33. The molecule has 1 atom stereocenters. The number of aliphatic hydroxyl groups is 2. The normalized spacial score (nSPS) is 13.5. The Kier molecular flexibility index (Phi) is 8.85. The average Bonchev–Trinajstić information content (AvgIpc) is 2.67. The second kappa shape index (κ2) is 10.4. The minimum Gasteiger partial charge on any atom is -0.465 e. The van der Waals surface area contributed by atoms with Gasteiger partial charge in [-0.3, -0.25) is 9.36 Å². The van der Waals surface area contributed by atoms with Gasteiger partial charge >= 0.3 is 11.9 Å². The summed E-state index contributed by atoms with van der Waals surface area (Å²) in [6.07, 6.45) is -0.618. The quantitative estimate of drug-likeness (QED) is 0.280. The molecular formula is C18H25O8P. The Bertz CT molecular complexity index is 697. The maximum Gasteiger partial charge on any atom is 0.333 e. The lowest BCUT2D eigenvalue weighted by atomic mass is 9.92. The standard InChI is InChI=1S/C18H25O8P/c1-14(2)17(22)26-13-18(10-19,11-20)12-25-16(21)8-9-27(23,24)15-6-4-3-5-7-15/h3-7,19-20H,1,8-13H2,2H3,(H,23,24). The van der Waals surface area contributed by atoms with Crippen LogP contribution in [0.5, 0.6) is 0 Å². The van der Waals surface area contributed by atoms with E-state index in [0.717, 1.165) is 0 Å². The van der Waals surface area contributed by atoms with E-state index in [2.05, 4.69) is 6.58 Å². The van der Waals surface area contributed by atoms with E-state index in [1.165, 1.54) is 19.1 Å². The van der Waals surface area contributed by atoms with Gasteiger partial charge in [0.2, 0.25) is 7.37 Å². The van der Waals surface area contributed by atoms with Gasteiger partial charge in [0.15, 0.2) is 0 Å². The van der Waals surface area contributed by atoms with E-state index in [9.17, 15) is 29.3 Å². The average molecular weight is 400 g/mol. The number of rotatable bonds is 11. The number of esters is 2. The van der Waals surface area contributed by atoms with Crippen molar-refractivity contribution in [1.82, 2.24) is 0 Å². The van der Waals surface area contributed by atoms with Crippen molar-refractivity contribution in [3.8, 4) is 0 Å². The van der Waals surface area contributed by atoms with Crippen LogP contribution in [0.1, 0.15) is 13.3 Å². The number of carbonyl (C=O) groups excluding carboxylic acids is 2. The molecule has 0 radical (unpaired) electrons.